The van der Waals surface area contributed by atoms with Gasteiger partial charge in [0.2, 0.25) is 5.95 Å². The highest BCUT2D eigenvalue weighted by molar-refractivity contribution is 8.06. The van der Waals surface area contributed by atoms with Gasteiger partial charge in [-0.25, -0.2) is 4.98 Å². The molecule has 25 heavy (non-hydrogen) atoms. The van der Waals surface area contributed by atoms with Crippen molar-refractivity contribution in [1.82, 2.24) is 19.5 Å². The van der Waals surface area contributed by atoms with Crippen LogP contribution in [-0.4, -0.2) is 47.8 Å². The maximum Gasteiger partial charge on any atom is 0.280 e. The third-order valence-electron chi connectivity index (χ3n) is 4.18. The zero-order valence-corrected chi connectivity index (χ0v) is 15.1. The predicted molar refractivity (Wildman–Crippen MR) is 88.8 cm³/mol. The summed E-state index contributed by atoms with van der Waals surface area (Å²) in [5.74, 6) is -0.0835. The number of anilines is 1. The first-order valence-corrected chi connectivity index (χ1v) is 9.82. The van der Waals surface area contributed by atoms with Gasteiger partial charge in [-0.2, -0.15) is 4.98 Å². The van der Waals surface area contributed by atoms with Gasteiger partial charge in [-0.3, -0.25) is 14.3 Å². The molecule has 1 saturated heterocycles. The van der Waals surface area contributed by atoms with Gasteiger partial charge in [0.1, 0.15) is 18.0 Å². The van der Waals surface area contributed by atoms with Crippen molar-refractivity contribution in [3.8, 4) is 0 Å². The third kappa shape index (κ3) is 3.34. The van der Waals surface area contributed by atoms with Crippen LogP contribution in [0.5, 0.6) is 0 Å². The maximum absolute atomic E-state index is 11.9. The lowest BCUT2D eigenvalue weighted by Gasteiger charge is -2.33. The number of nitrogens with one attached hydrogen (secondary N) is 1. The lowest BCUT2D eigenvalue weighted by Crippen LogP contribution is -2.42. The molecule has 3 heterocycles. The summed E-state index contributed by atoms with van der Waals surface area (Å²) in [6, 6.07) is 0. The van der Waals surface area contributed by atoms with Crippen molar-refractivity contribution in [3.63, 3.8) is 0 Å². The van der Waals surface area contributed by atoms with Gasteiger partial charge in [0.15, 0.2) is 11.2 Å². The van der Waals surface area contributed by atoms with Gasteiger partial charge in [-0.1, -0.05) is 11.8 Å². The number of imidazole rings is 1. The monoisotopic (exact) mass is 390 g/mol. The Morgan fingerprint density at radius 1 is 1.68 bits per heavy atom. The first kappa shape index (κ1) is 18.4. The SMILES string of the molecule is C[C@]1(COP([O-])(O)=S)O[C@@](C)(n2cnc3c(=O)[nH]c(N)nc32)CC1O. The molecule has 0 aromatic carbocycles. The van der Waals surface area contributed by atoms with E-state index in [1.807, 2.05) is 0 Å². The van der Waals surface area contributed by atoms with Gasteiger partial charge < -0.3 is 29.9 Å². The summed E-state index contributed by atoms with van der Waals surface area (Å²) in [5.41, 5.74) is 2.91. The molecular formula is C12H17N5O6PS-. The molecule has 5 N–H and O–H groups in total. The molecule has 0 spiro atoms. The minimum atomic E-state index is -4.14. The molecule has 3 rings (SSSR count). The van der Waals surface area contributed by atoms with Gasteiger partial charge in [-0.05, 0) is 13.8 Å². The molecule has 2 unspecified atom stereocenters. The summed E-state index contributed by atoms with van der Waals surface area (Å²) in [7, 11) is 0. The molecule has 1 aliphatic rings. The number of aliphatic hydroxyl groups is 1. The van der Waals surface area contributed by atoms with Crippen molar-refractivity contribution >= 4 is 35.6 Å². The van der Waals surface area contributed by atoms with Crippen molar-refractivity contribution in [2.24, 2.45) is 0 Å². The van der Waals surface area contributed by atoms with Crippen LogP contribution in [-0.2, 0) is 26.8 Å². The Morgan fingerprint density at radius 2 is 2.36 bits per heavy atom. The Hall–Kier alpha value is -1.40. The van der Waals surface area contributed by atoms with Crippen molar-refractivity contribution in [2.75, 3.05) is 12.3 Å². The molecule has 13 heteroatoms. The summed E-state index contributed by atoms with van der Waals surface area (Å²) < 4.78 is 12.2. The van der Waals surface area contributed by atoms with Crippen molar-refractivity contribution < 1.29 is 24.2 Å². The highest BCUT2D eigenvalue weighted by Gasteiger charge is 2.52. The minimum absolute atomic E-state index is 0.0729. The highest BCUT2D eigenvalue weighted by Crippen LogP contribution is 2.44. The topological polar surface area (TPSA) is 172 Å². The van der Waals surface area contributed by atoms with Gasteiger partial charge in [0.25, 0.3) is 5.56 Å². The number of nitrogens with zero attached hydrogens (tertiary/aromatic N) is 3. The Balaban J connectivity index is 1.98. The maximum atomic E-state index is 11.9. The number of aromatic nitrogens is 4. The molecule has 1 aliphatic heterocycles. The summed E-state index contributed by atoms with van der Waals surface area (Å²) in [4.78, 5) is 42.7. The smallest absolute Gasteiger partial charge is 0.280 e. The van der Waals surface area contributed by atoms with Crippen molar-refractivity contribution in [2.45, 2.75) is 37.7 Å². The number of nitrogens with two attached hydrogens (primary N) is 1. The fraction of sp³-hybridized carbons (Fsp3) is 0.583. The fourth-order valence-corrected chi connectivity index (χ4v) is 3.52. The zero-order chi connectivity index (χ0) is 18.6. The van der Waals surface area contributed by atoms with E-state index in [-0.39, 0.29) is 30.1 Å². The van der Waals surface area contributed by atoms with Crippen LogP contribution in [0.25, 0.3) is 11.2 Å². The molecule has 2 aromatic heterocycles. The first-order chi connectivity index (χ1) is 11.4. The van der Waals surface area contributed by atoms with Crippen molar-refractivity contribution in [3.05, 3.63) is 16.7 Å². The molecule has 2 aromatic rings. The number of H-pyrrole nitrogens is 1. The average Bonchev–Trinajstić information content (AvgIpc) is 2.97. The molecule has 1 fully saturated rings. The lowest BCUT2D eigenvalue weighted by atomic mass is 9.99. The first-order valence-electron chi connectivity index (χ1n) is 7.23. The summed E-state index contributed by atoms with van der Waals surface area (Å²) in [6.45, 7) is -1.34. The number of hydrogen-bond donors (Lipinski definition) is 4. The third-order valence-corrected chi connectivity index (χ3v) is 4.95. The lowest BCUT2D eigenvalue weighted by molar-refractivity contribution is -0.213. The number of nitrogen functional groups attached to an aromatic ring is 1. The van der Waals surface area contributed by atoms with Crippen LogP contribution >= 0.6 is 6.72 Å². The second-order valence-corrected chi connectivity index (χ2v) is 8.87. The zero-order valence-electron chi connectivity index (χ0n) is 13.4. The van der Waals surface area contributed by atoms with Crippen LogP contribution in [0.15, 0.2) is 11.1 Å². The Labute approximate surface area is 146 Å². The molecule has 4 atom stereocenters. The molecule has 0 saturated carbocycles. The molecular weight excluding hydrogens is 373 g/mol. The fourth-order valence-electron chi connectivity index (χ4n) is 2.94. The Bertz CT molecular complexity index is 926. The van der Waals surface area contributed by atoms with E-state index in [1.165, 1.54) is 17.8 Å². The number of fused-ring (bicyclic) bond motifs is 1. The second-order valence-electron chi connectivity index (χ2n) is 6.29. The molecule has 138 valence electrons. The summed E-state index contributed by atoms with van der Waals surface area (Å²) in [6.07, 6.45) is 0.422. The minimum Gasteiger partial charge on any atom is -0.780 e. The van der Waals surface area contributed by atoms with E-state index in [2.05, 4.69) is 26.8 Å². The van der Waals surface area contributed by atoms with E-state index in [0.717, 1.165) is 0 Å². The molecule has 0 amide bonds. The second kappa shape index (κ2) is 5.81. The van der Waals surface area contributed by atoms with E-state index in [9.17, 15) is 14.8 Å². The predicted octanol–water partition coefficient (Wildman–Crippen LogP) is -1.49. The van der Waals surface area contributed by atoms with Gasteiger partial charge >= 0.3 is 0 Å². The summed E-state index contributed by atoms with van der Waals surface area (Å²) >= 11 is 4.31. The van der Waals surface area contributed by atoms with Crippen LogP contribution < -0.4 is 16.2 Å². The van der Waals surface area contributed by atoms with Gasteiger partial charge in [-0.15, -0.1) is 0 Å². The molecule has 0 bridgehead atoms. The molecule has 11 nitrogen and oxygen atoms in total. The van der Waals surface area contributed by atoms with E-state index >= 15 is 0 Å². The number of aliphatic hydroxyl groups excluding tert-OH is 1. The standard InChI is InChI=1S/C12H18N5O6PS/c1-11(4-22-24(20,21)25)6(18)3-12(2,23-11)17-5-14-7-8(17)15-10(13)16-9(7)19/h5-6,18H,3-4H2,1-2H3,(H2,20,21,25)(H3,13,15,16,19)/p-1/t6?,11-,12-/m1/s1. The summed E-state index contributed by atoms with van der Waals surface area (Å²) in [5, 5.41) is 10.4. The van der Waals surface area contributed by atoms with Crippen LogP contribution in [0.1, 0.15) is 20.3 Å². The largest absolute Gasteiger partial charge is 0.780 e. The van der Waals surface area contributed by atoms with Gasteiger partial charge in [0, 0.05) is 6.42 Å². The Morgan fingerprint density at radius 3 is 3.00 bits per heavy atom. The van der Waals surface area contributed by atoms with Crippen LogP contribution in [0.3, 0.4) is 0 Å². The van der Waals surface area contributed by atoms with Crippen LogP contribution in [0.2, 0.25) is 0 Å². The van der Waals surface area contributed by atoms with Crippen LogP contribution in [0, 0.1) is 0 Å². The number of aromatic amines is 1. The number of hydrogen-bond acceptors (Lipinski definition) is 9. The normalized spacial score (nSPS) is 32.1. The van der Waals surface area contributed by atoms with E-state index in [0.29, 0.717) is 0 Å². The highest BCUT2D eigenvalue weighted by atomic mass is 32.5. The Kier molecular flexibility index (Phi) is 4.27. The molecule has 0 radical (unpaired) electrons. The number of rotatable bonds is 4. The van der Waals surface area contributed by atoms with Gasteiger partial charge in [0.05, 0.1) is 19.0 Å². The van der Waals surface area contributed by atoms with Crippen LogP contribution in [0.4, 0.5) is 5.95 Å². The quantitative estimate of drug-likeness (QED) is 0.451. The molecule has 0 aliphatic carbocycles. The average molecular weight is 390 g/mol. The van der Waals surface area contributed by atoms with E-state index in [1.54, 1.807) is 6.92 Å². The van der Waals surface area contributed by atoms with E-state index < -0.39 is 29.7 Å². The number of ether oxygens (including phenoxy) is 1. The van der Waals surface area contributed by atoms with E-state index in [4.69, 9.17) is 19.9 Å². The van der Waals surface area contributed by atoms with Crippen molar-refractivity contribution in [1.29, 1.82) is 0 Å².